The van der Waals surface area contributed by atoms with E-state index in [2.05, 4.69) is 37.2 Å². The van der Waals surface area contributed by atoms with Crippen molar-refractivity contribution in [2.24, 2.45) is 0 Å². The van der Waals surface area contributed by atoms with Gasteiger partial charge in [-0.25, -0.2) is 9.69 Å². The van der Waals surface area contributed by atoms with Crippen LogP contribution in [0.4, 0.5) is 10.5 Å². The number of hydrogen-bond acceptors (Lipinski definition) is 6. The summed E-state index contributed by atoms with van der Waals surface area (Å²) in [6.07, 6.45) is 1.14. The van der Waals surface area contributed by atoms with Crippen molar-refractivity contribution < 1.29 is 27.0 Å². The molecule has 0 spiro atoms. The van der Waals surface area contributed by atoms with Crippen molar-refractivity contribution in [1.29, 1.82) is 0 Å². The van der Waals surface area contributed by atoms with Crippen LogP contribution in [0.15, 0.2) is 74.0 Å². The number of hydrogen-bond donors (Lipinski definition) is 1. The number of anilines is 1. The summed E-state index contributed by atoms with van der Waals surface area (Å²) >= 11 is 18.6. The Kier molecular flexibility index (Phi) is 7.82. The second-order valence-electron chi connectivity index (χ2n) is 7.64. The highest BCUT2D eigenvalue weighted by Gasteiger charge is 2.38. The molecule has 1 saturated heterocycles. The van der Waals surface area contributed by atoms with E-state index in [9.17, 15) is 22.8 Å². The molecule has 4 amide bonds. The van der Waals surface area contributed by atoms with E-state index in [-0.39, 0.29) is 26.4 Å². The van der Waals surface area contributed by atoms with Crippen molar-refractivity contribution in [2.75, 3.05) is 4.90 Å². The Morgan fingerprint density at radius 1 is 1.00 bits per heavy atom. The van der Waals surface area contributed by atoms with Crippen LogP contribution in [0, 0.1) is 6.92 Å². The highest BCUT2D eigenvalue weighted by molar-refractivity contribution is 9.11. The highest BCUT2D eigenvalue weighted by Crippen LogP contribution is 2.37. The molecule has 0 unspecified atom stereocenters. The van der Waals surface area contributed by atoms with Gasteiger partial charge in [0.25, 0.3) is 11.8 Å². The van der Waals surface area contributed by atoms with Gasteiger partial charge >= 0.3 is 16.1 Å². The number of halogens is 4. The highest BCUT2D eigenvalue weighted by atomic mass is 79.9. The first-order valence-electron chi connectivity index (χ1n) is 10.2. The molecule has 1 fully saturated rings. The Morgan fingerprint density at radius 2 is 1.68 bits per heavy atom. The topological polar surface area (TPSA) is 110 Å². The van der Waals surface area contributed by atoms with Crippen LogP contribution in [0.1, 0.15) is 11.1 Å². The number of nitrogens with one attached hydrogen (secondary N) is 1. The lowest BCUT2D eigenvalue weighted by Gasteiger charge is -2.28. The minimum atomic E-state index is -4.33. The third-order valence-corrected chi connectivity index (χ3v) is 8.16. The number of nitrogens with zero attached hydrogens (tertiary/aromatic N) is 1. The number of barbiturate groups is 1. The molecule has 1 aliphatic rings. The zero-order valence-electron chi connectivity index (χ0n) is 18.6. The molecule has 13 heteroatoms. The average Bonchev–Trinajstić information content (AvgIpc) is 2.81. The van der Waals surface area contributed by atoms with E-state index in [1.54, 1.807) is 19.1 Å². The maximum atomic E-state index is 13.4. The molecule has 1 heterocycles. The Balaban J connectivity index is 1.81. The van der Waals surface area contributed by atoms with Crippen molar-refractivity contribution >= 4 is 94.8 Å². The molecule has 190 valence electrons. The van der Waals surface area contributed by atoms with Gasteiger partial charge < -0.3 is 4.18 Å². The van der Waals surface area contributed by atoms with Gasteiger partial charge in [-0.3, -0.25) is 14.9 Å². The van der Waals surface area contributed by atoms with Crippen LogP contribution in [0.5, 0.6) is 5.75 Å². The van der Waals surface area contributed by atoms with Crippen LogP contribution in [-0.2, 0) is 19.7 Å². The third kappa shape index (κ3) is 5.60. The number of urea groups is 1. The van der Waals surface area contributed by atoms with E-state index < -0.39 is 33.5 Å². The quantitative estimate of drug-likeness (QED) is 0.193. The lowest BCUT2D eigenvalue weighted by Crippen LogP contribution is -2.54. The largest absolute Gasteiger partial charge is 0.377 e. The van der Waals surface area contributed by atoms with Crippen LogP contribution < -0.4 is 14.4 Å². The van der Waals surface area contributed by atoms with E-state index in [1.165, 1.54) is 42.5 Å². The fraction of sp³-hybridized carbons (Fsp3) is 0.0417. The van der Waals surface area contributed by atoms with Crippen molar-refractivity contribution in [2.45, 2.75) is 11.8 Å². The summed E-state index contributed by atoms with van der Waals surface area (Å²) < 4.78 is 32.0. The summed E-state index contributed by atoms with van der Waals surface area (Å²) in [7, 11) is -4.33. The molecule has 8 nitrogen and oxygen atoms in total. The van der Waals surface area contributed by atoms with Gasteiger partial charge in [0.15, 0.2) is 5.75 Å². The number of rotatable bonds is 5. The van der Waals surface area contributed by atoms with E-state index in [0.29, 0.717) is 20.1 Å². The van der Waals surface area contributed by atoms with Gasteiger partial charge in [-0.15, -0.1) is 0 Å². The Hall–Kier alpha value is -2.70. The fourth-order valence-electron chi connectivity index (χ4n) is 3.40. The molecule has 0 saturated carbocycles. The molecule has 37 heavy (non-hydrogen) atoms. The van der Waals surface area contributed by atoms with E-state index >= 15 is 0 Å². The standard InChI is InChI=1S/C24H14Br2Cl2N2O6S/c1-12-19(28)3-2-4-20(12)30-23(32)17(22(31)29-24(30)33)10-13-9-14(25)11-18(26)21(13)36-37(34,35)16-7-5-15(27)6-8-16/h2-11H,1H3,(H,29,31,33)/b17-10+. The van der Waals surface area contributed by atoms with Crippen molar-refractivity contribution in [3.63, 3.8) is 0 Å². The maximum Gasteiger partial charge on any atom is 0.339 e. The molecule has 3 aromatic rings. The Morgan fingerprint density at radius 3 is 2.35 bits per heavy atom. The van der Waals surface area contributed by atoms with E-state index in [0.717, 1.165) is 11.0 Å². The van der Waals surface area contributed by atoms with Crippen LogP contribution in [-0.4, -0.2) is 26.3 Å². The van der Waals surface area contributed by atoms with Crippen LogP contribution >= 0.6 is 55.1 Å². The third-order valence-electron chi connectivity index (χ3n) is 5.21. The minimum Gasteiger partial charge on any atom is -0.377 e. The van der Waals surface area contributed by atoms with Crippen LogP contribution in [0.3, 0.4) is 0 Å². The second-order valence-corrected chi connectivity index (χ2v) is 11.8. The summed E-state index contributed by atoms with van der Waals surface area (Å²) in [6, 6.07) is 12.0. The van der Waals surface area contributed by atoms with E-state index in [4.69, 9.17) is 27.4 Å². The number of imide groups is 2. The van der Waals surface area contributed by atoms with Crippen molar-refractivity contribution in [3.8, 4) is 5.75 Å². The summed E-state index contributed by atoms with van der Waals surface area (Å²) in [5, 5.41) is 2.78. The van der Waals surface area contributed by atoms with Gasteiger partial charge in [-0.1, -0.05) is 45.2 Å². The van der Waals surface area contributed by atoms with Gasteiger partial charge in [0.1, 0.15) is 10.5 Å². The first-order chi connectivity index (χ1) is 17.4. The molecule has 4 rings (SSSR count). The first-order valence-corrected chi connectivity index (χ1v) is 14.0. The van der Waals surface area contributed by atoms with Crippen molar-refractivity contribution in [3.05, 3.63) is 90.3 Å². The predicted octanol–water partition coefficient (Wildman–Crippen LogP) is 6.26. The molecule has 0 aromatic heterocycles. The lowest BCUT2D eigenvalue weighted by atomic mass is 10.1. The Labute approximate surface area is 238 Å². The summed E-state index contributed by atoms with van der Waals surface area (Å²) in [4.78, 5) is 39.3. The minimum absolute atomic E-state index is 0.0643. The fourth-order valence-corrected chi connectivity index (χ4v) is 6.12. The number of benzene rings is 3. The SMILES string of the molecule is Cc1c(Cl)cccc1N1C(=O)NC(=O)/C(=C\c2cc(Br)cc(Br)c2OS(=O)(=O)c2ccc(Cl)cc2)C1=O. The molecular weight excluding hydrogens is 675 g/mol. The smallest absolute Gasteiger partial charge is 0.339 e. The monoisotopic (exact) mass is 686 g/mol. The summed E-state index contributed by atoms with van der Waals surface area (Å²) in [6.45, 7) is 1.62. The molecule has 0 bridgehead atoms. The maximum absolute atomic E-state index is 13.4. The summed E-state index contributed by atoms with van der Waals surface area (Å²) in [5.41, 5.74) is 0.266. The molecule has 0 atom stereocenters. The molecule has 1 aliphatic heterocycles. The molecule has 1 N–H and O–H groups in total. The molecule has 0 aliphatic carbocycles. The van der Waals surface area contributed by atoms with Gasteiger partial charge in [-0.05, 0) is 83.0 Å². The lowest BCUT2D eigenvalue weighted by molar-refractivity contribution is -0.122. The zero-order valence-corrected chi connectivity index (χ0v) is 24.1. The average molecular weight is 689 g/mol. The molecular formula is C24H14Br2Cl2N2O6S. The zero-order chi connectivity index (χ0) is 27.1. The normalized spacial score (nSPS) is 15.2. The van der Waals surface area contributed by atoms with Gasteiger partial charge in [-0.2, -0.15) is 8.42 Å². The van der Waals surface area contributed by atoms with Crippen molar-refractivity contribution in [1.82, 2.24) is 5.32 Å². The van der Waals surface area contributed by atoms with Crippen LogP contribution in [0.25, 0.3) is 6.08 Å². The molecule has 0 radical (unpaired) electrons. The van der Waals surface area contributed by atoms with E-state index in [1.807, 2.05) is 0 Å². The summed E-state index contributed by atoms with van der Waals surface area (Å²) in [5.74, 6) is -2.08. The van der Waals surface area contributed by atoms with Gasteiger partial charge in [0, 0.05) is 20.1 Å². The number of carbonyl (C=O) groups is 3. The number of carbonyl (C=O) groups excluding carboxylic acids is 3. The molecule has 3 aromatic carbocycles. The van der Waals surface area contributed by atoms with Crippen LogP contribution in [0.2, 0.25) is 10.0 Å². The second kappa shape index (κ2) is 10.6. The first kappa shape index (κ1) is 27.3. The van der Waals surface area contributed by atoms with Gasteiger partial charge in [0.05, 0.1) is 10.2 Å². The Bertz CT molecular complexity index is 1610. The number of amides is 4. The van der Waals surface area contributed by atoms with Gasteiger partial charge in [0.2, 0.25) is 0 Å². The predicted molar refractivity (Wildman–Crippen MR) is 146 cm³/mol.